The van der Waals surface area contributed by atoms with E-state index in [-0.39, 0.29) is 24.2 Å². The summed E-state index contributed by atoms with van der Waals surface area (Å²) in [6, 6.07) is 9.02. The van der Waals surface area contributed by atoms with Gasteiger partial charge >= 0.3 is 0 Å². The van der Waals surface area contributed by atoms with Gasteiger partial charge in [-0.1, -0.05) is 17.7 Å². The van der Waals surface area contributed by atoms with Gasteiger partial charge in [-0.25, -0.2) is 0 Å². The average molecular weight is 365 g/mol. The molecule has 1 atom stereocenters. The van der Waals surface area contributed by atoms with Crippen molar-refractivity contribution in [2.24, 2.45) is 5.92 Å². The molecule has 1 aromatic heterocycles. The molecular weight excluding hydrogens is 348 g/mol. The zero-order valence-corrected chi connectivity index (χ0v) is 14.7. The Morgan fingerprint density at radius 1 is 1.46 bits per heavy atom. The highest BCUT2D eigenvalue weighted by atomic mass is 35.5. The Morgan fingerprint density at radius 3 is 3.00 bits per heavy atom. The Kier molecular flexibility index (Phi) is 5.06. The van der Waals surface area contributed by atoms with Gasteiger partial charge in [0.25, 0.3) is 0 Å². The molecule has 1 aliphatic heterocycles. The van der Waals surface area contributed by atoms with Crippen molar-refractivity contribution in [2.75, 3.05) is 18.6 Å². The molecule has 1 fully saturated rings. The van der Waals surface area contributed by atoms with Gasteiger partial charge < -0.3 is 15.0 Å². The number of hydrogen-bond acceptors (Lipinski definition) is 4. The maximum atomic E-state index is 12.4. The molecule has 3 rings (SSSR count). The van der Waals surface area contributed by atoms with E-state index < -0.39 is 0 Å². The Balaban J connectivity index is 1.69. The van der Waals surface area contributed by atoms with Gasteiger partial charge in [-0.2, -0.15) is 0 Å². The molecule has 0 saturated carbocycles. The zero-order chi connectivity index (χ0) is 17.1. The number of carbonyl (C=O) groups is 2. The largest absolute Gasteiger partial charge is 0.495 e. The molecule has 0 aliphatic carbocycles. The molecule has 0 unspecified atom stereocenters. The minimum absolute atomic E-state index is 0.105. The highest BCUT2D eigenvalue weighted by molar-refractivity contribution is 7.09. The molecule has 126 valence electrons. The van der Waals surface area contributed by atoms with Gasteiger partial charge in [0.2, 0.25) is 11.8 Å². The second-order valence-corrected chi connectivity index (χ2v) is 6.99. The van der Waals surface area contributed by atoms with Crippen LogP contribution in [0.5, 0.6) is 5.75 Å². The van der Waals surface area contributed by atoms with Crippen LogP contribution < -0.4 is 15.0 Å². The van der Waals surface area contributed by atoms with E-state index in [0.717, 1.165) is 4.88 Å². The van der Waals surface area contributed by atoms with E-state index >= 15 is 0 Å². The second kappa shape index (κ2) is 7.23. The van der Waals surface area contributed by atoms with Gasteiger partial charge in [-0.3, -0.25) is 9.59 Å². The van der Waals surface area contributed by atoms with Gasteiger partial charge in [-0.05, 0) is 29.6 Å². The minimum atomic E-state index is -0.374. The molecule has 2 aromatic rings. The number of carbonyl (C=O) groups excluding carboxylic acids is 2. The van der Waals surface area contributed by atoms with Crippen molar-refractivity contribution in [3.05, 3.63) is 45.6 Å². The first-order chi connectivity index (χ1) is 11.6. The molecule has 0 bridgehead atoms. The highest BCUT2D eigenvalue weighted by Gasteiger charge is 2.36. The molecule has 0 spiro atoms. The van der Waals surface area contributed by atoms with Crippen LogP contribution in [0.3, 0.4) is 0 Å². The molecular formula is C17H17ClN2O3S. The maximum Gasteiger partial charge on any atom is 0.227 e. The van der Waals surface area contributed by atoms with Gasteiger partial charge in [0.05, 0.1) is 25.3 Å². The van der Waals surface area contributed by atoms with Gasteiger partial charge in [0.1, 0.15) is 5.75 Å². The van der Waals surface area contributed by atoms with Gasteiger partial charge in [0, 0.05) is 22.9 Å². The lowest BCUT2D eigenvalue weighted by atomic mass is 10.1. The molecule has 24 heavy (non-hydrogen) atoms. The summed E-state index contributed by atoms with van der Waals surface area (Å²) in [7, 11) is 1.54. The summed E-state index contributed by atoms with van der Waals surface area (Å²) in [5.41, 5.74) is 0.601. The number of ether oxygens (including phenoxy) is 1. The topological polar surface area (TPSA) is 58.6 Å². The SMILES string of the molecule is COc1ccc(Cl)cc1N1C[C@H](C(=O)NCc2cccs2)CC1=O. The summed E-state index contributed by atoms with van der Waals surface area (Å²) in [5, 5.41) is 5.38. The third kappa shape index (κ3) is 3.55. The average Bonchev–Trinajstić information content (AvgIpc) is 3.22. The van der Waals surface area contributed by atoms with E-state index in [1.807, 2.05) is 17.5 Å². The first-order valence-corrected chi connectivity index (χ1v) is 8.78. The van der Waals surface area contributed by atoms with Crippen LogP contribution in [0, 0.1) is 5.92 Å². The highest BCUT2D eigenvalue weighted by Crippen LogP contribution is 2.35. The molecule has 1 N–H and O–H groups in total. The van der Waals surface area contributed by atoms with Crippen LogP contribution in [-0.4, -0.2) is 25.5 Å². The van der Waals surface area contributed by atoms with E-state index in [1.165, 1.54) is 0 Å². The van der Waals surface area contributed by atoms with Crippen LogP contribution in [0.2, 0.25) is 5.02 Å². The van der Waals surface area contributed by atoms with Crippen molar-refractivity contribution >= 4 is 40.4 Å². The van der Waals surface area contributed by atoms with Crippen molar-refractivity contribution in [3.63, 3.8) is 0 Å². The van der Waals surface area contributed by atoms with Crippen molar-refractivity contribution < 1.29 is 14.3 Å². The lowest BCUT2D eigenvalue weighted by Crippen LogP contribution is -2.32. The molecule has 7 heteroatoms. The van der Waals surface area contributed by atoms with E-state index in [2.05, 4.69) is 5.32 Å². The van der Waals surface area contributed by atoms with Crippen LogP contribution >= 0.6 is 22.9 Å². The van der Waals surface area contributed by atoms with E-state index in [0.29, 0.717) is 29.5 Å². The summed E-state index contributed by atoms with van der Waals surface area (Å²) >= 11 is 7.62. The lowest BCUT2D eigenvalue weighted by Gasteiger charge is -2.19. The summed E-state index contributed by atoms with van der Waals surface area (Å²) in [5.74, 6) is -0.0272. The Morgan fingerprint density at radius 2 is 2.29 bits per heavy atom. The fraction of sp³-hybridized carbons (Fsp3) is 0.294. The first-order valence-electron chi connectivity index (χ1n) is 7.52. The quantitative estimate of drug-likeness (QED) is 0.887. The number of rotatable bonds is 5. The maximum absolute atomic E-state index is 12.4. The smallest absolute Gasteiger partial charge is 0.227 e. The Bertz CT molecular complexity index is 748. The normalized spacial score (nSPS) is 17.2. The fourth-order valence-electron chi connectivity index (χ4n) is 2.72. The molecule has 2 amide bonds. The van der Waals surface area contributed by atoms with Gasteiger partial charge in [-0.15, -0.1) is 11.3 Å². The number of nitrogens with zero attached hydrogens (tertiary/aromatic N) is 1. The molecule has 2 heterocycles. The predicted octanol–water partition coefficient (Wildman–Crippen LogP) is 3.08. The van der Waals surface area contributed by atoms with Crippen molar-refractivity contribution in [2.45, 2.75) is 13.0 Å². The van der Waals surface area contributed by atoms with Crippen LogP contribution in [0.25, 0.3) is 0 Å². The Hall–Kier alpha value is -2.05. The van der Waals surface area contributed by atoms with Crippen molar-refractivity contribution in [3.8, 4) is 5.75 Å². The number of anilines is 1. The van der Waals surface area contributed by atoms with E-state index in [4.69, 9.17) is 16.3 Å². The number of halogens is 1. The number of amides is 2. The monoisotopic (exact) mass is 364 g/mol. The predicted molar refractivity (Wildman–Crippen MR) is 94.6 cm³/mol. The van der Waals surface area contributed by atoms with Crippen molar-refractivity contribution in [1.82, 2.24) is 5.32 Å². The van der Waals surface area contributed by atoms with E-state index in [9.17, 15) is 9.59 Å². The molecule has 0 radical (unpaired) electrons. The number of benzene rings is 1. The molecule has 1 aliphatic rings. The zero-order valence-electron chi connectivity index (χ0n) is 13.1. The molecule has 5 nitrogen and oxygen atoms in total. The molecule has 1 saturated heterocycles. The van der Waals surface area contributed by atoms with Crippen molar-refractivity contribution in [1.29, 1.82) is 0 Å². The third-order valence-corrected chi connectivity index (χ3v) is 5.06. The standard InChI is InChI=1S/C17H17ClN2O3S/c1-23-15-5-4-12(18)8-14(15)20-10-11(7-16(20)21)17(22)19-9-13-3-2-6-24-13/h2-6,8,11H,7,9-10H2,1H3,(H,19,22)/t11-/m1/s1. The third-order valence-electron chi connectivity index (χ3n) is 3.94. The van der Waals surface area contributed by atoms with Crippen LogP contribution in [-0.2, 0) is 16.1 Å². The summed E-state index contributed by atoms with van der Waals surface area (Å²) < 4.78 is 5.30. The number of thiophene rings is 1. The fourth-order valence-corrected chi connectivity index (χ4v) is 3.53. The summed E-state index contributed by atoms with van der Waals surface area (Å²) in [4.78, 5) is 27.3. The van der Waals surface area contributed by atoms with Crippen LogP contribution in [0.4, 0.5) is 5.69 Å². The minimum Gasteiger partial charge on any atom is -0.495 e. The second-order valence-electron chi connectivity index (χ2n) is 5.52. The number of hydrogen-bond donors (Lipinski definition) is 1. The Labute approximate surface area is 149 Å². The van der Waals surface area contributed by atoms with Crippen LogP contribution in [0.1, 0.15) is 11.3 Å². The number of nitrogens with one attached hydrogen (secondary N) is 1. The van der Waals surface area contributed by atoms with E-state index in [1.54, 1.807) is 41.5 Å². The lowest BCUT2D eigenvalue weighted by molar-refractivity contribution is -0.126. The summed E-state index contributed by atoms with van der Waals surface area (Å²) in [6.07, 6.45) is 0.186. The van der Waals surface area contributed by atoms with Crippen LogP contribution in [0.15, 0.2) is 35.7 Å². The first kappa shape index (κ1) is 16.8. The van der Waals surface area contributed by atoms with Gasteiger partial charge in [0.15, 0.2) is 0 Å². The number of methoxy groups -OCH3 is 1. The molecule has 1 aromatic carbocycles. The summed E-state index contributed by atoms with van der Waals surface area (Å²) in [6.45, 7) is 0.813.